The first kappa shape index (κ1) is 17.3. The summed E-state index contributed by atoms with van der Waals surface area (Å²) in [6, 6.07) is 7.64. The molecule has 1 aromatic carbocycles. The molecular formula is C16H17N3O5S. The molecule has 132 valence electrons. The van der Waals surface area contributed by atoms with E-state index in [2.05, 4.69) is 0 Å². The summed E-state index contributed by atoms with van der Waals surface area (Å²) >= 11 is 1.02. The maximum Gasteiger partial charge on any atom is 0.332 e. The maximum atomic E-state index is 12.7. The van der Waals surface area contributed by atoms with Gasteiger partial charge in [-0.3, -0.25) is 14.4 Å². The highest BCUT2D eigenvalue weighted by molar-refractivity contribution is 8.00. The third kappa shape index (κ3) is 3.46. The lowest BCUT2D eigenvalue weighted by Crippen LogP contribution is -2.55. The third-order valence-electron chi connectivity index (χ3n) is 4.14. The van der Waals surface area contributed by atoms with Gasteiger partial charge >= 0.3 is 12.0 Å². The zero-order valence-electron chi connectivity index (χ0n) is 13.3. The number of thioether (sulfide) groups is 1. The van der Waals surface area contributed by atoms with Crippen LogP contribution in [0.4, 0.5) is 10.5 Å². The van der Waals surface area contributed by atoms with E-state index in [0.29, 0.717) is 12.2 Å². The van der Waals surface area contributed by atoms with Crippen molar-refractivity contribution in [2.45, 2.75) is 6.04 Å². The third-order valence-corrected chi connectivity index (χ3v) is 5.04. The van der Waals surface area contributed by atoms with Crippen molar-refractivity contribution < 1.29 is 24.3 Å². The van der Waals surface area contributed by atoms with Gasteiger partial charge in [0.15, 0.2) is 0 Å². The van der Waals surface area contributed by atoms with Crippen LogP contribution in [-0.2, 0) is 14.4 Å². The van der Waals surface area contributed by atoms with Crippen molar-refractivity contribution in [1.29, 1.82) is 0 Å². The van der Waals surface area contributed by atoms with Gasteiger partial charge < -0.3 is 14.9 Å². The number of benzene rings is 1. The van der Waals surface area contributed by atoms with E-state index in [9.17, 15) is 19.2 Å². The van der Waals surface area contributed by atoms with Crippen LogP contribution in [0.1, 0.15) is 0 Å². The molecule has 2 saturated heterocycles. The minimum atomic E-state index is -0.974. The molecule has 1 N–H and O–H groups in total. The summed E-state index contributed by atoms with van der Waals surface area (Å²) in [5.41, 5.74) is 0.516. The number of carbonyl (C=O) groups is 4. The maximum absolute atomic E-state index is 12.7. The minimum Gasteiger partial charge on any atom is -0.481 e. The molecule has 1 aromatic rings. The Morgan fingerprint density at radius 2 is 1.84 bits per heavy atom. The number of carboxylic acid groups (broad SMARTS) is 1. The molecular weight excluding hydrogens is 346 g/mol. The second kappa shape index (κ2) is 7.14. The zero-order valence-corrected chi connectivity index (χ0v) is 14.1. The van der Waals surface area contributed by atoms with Gasteiger partial charge in [0.2, 0.25) is 5.91 Å². The van der Waals surface area contributed by atoms with E-state index in [-0.39, 0.29) is 42.4 Å². The van der Waals surface area contributed by atoms with E-state index in [0.717, 1.165) is 16.7 Å². The van der Waals surface area contributed by atoms with E-state index in [1.807, 2.05) is 0 Å². The number of piperazine rings is 1. The van der Waals surface area contributed by atoms with E-state index < -0.39 is 12.0 Å². The van der Waals surface area contributed by atoms with Crippen LogP contribution in [0, 0.1) is 0 Å². The van der Waals surface area contributed by atoms with Gasteiger partial charge in [-0.15, -0.1) is 11.8 Å². The summed E-state index contributed by atoms with van der Waals surface area (Å²) in [5, 5.41) is 8.62. The average molecular weight is 363 g/mol. The molecule has 0 radical (unpaired) electrons. The van der Waals surface area contributed by atoms with Gasteiger partial charge in [0.05, 0.1) is 23.7 Å². The van der Waals surface area contributed by atoms with Crippen molar-refractivity contribution in [3.05, 3.63) is 30.3 Å². The highest BCUT2D eigenvalue weighted by Crippen LogP contribution is 2.27. The number of carboxylic acids is 1. The fraction of sp³-hybridized carbons (Fsp3) is 0.375. The highest BCUT2D eigenvalue weighted by Gasteiger charge is 2.48. The second-order valence-electron chi connectivity index (χ2n) is 5.73. The number of nitrogens with zero attached hydrogens (tertiary/aromatic N) is 3. The number of amides is 4. The first-order valence-corrected chi connectivity index (χ1v) is 8.91. The van der Waals surface area contributed by atoms with Crippen LogP contribution in [0.25, 0.3) is 0 Å². The SMILES string of the molecule is O=C(O)CSCC(=O)N1CCN2C(=O)N(c3ccccc3)C(=O)[C@@H]2C1. The highest BCUT2D eigenvalue weighted by atomic mass is 32.2. The monoisotopic (exact) mass is 363 g/mol. The number of carbonyl (C=O) groups excluding carboxylic acids is 3. The van der Waals surface area contributed by atoms with Crippen LogP contribution in [0.15, 0.2) is 30.3 Å². The van der Waals surface area contributed by atoms with Crippen LogP contribution < -0.4 is 4.90 Å². The van der Waals surface area contributed by atoms with Gasteiger partial charge in [0.25, 0.3) is 5.91 Å². The molecule has 2 heterocycles. The molecule has 3 rings (SSSR count). The van der Waals surface area contributed by atoms with Crippen LogP contribution in [-0.4, -0.2) is 75.9 Å². The molecule has 2 aliphatic heterocycles. The average Bonchev–Trinajstić information content (AvgIpc) is 2.86. The summed E-state index contributed by atoms with van der Waals surface area (Å²) in [6.07, 6.45) is 0. The predicted molar refractivity (Wildman–Crippen MR) is 91.4 cm³/mol. The van der Waals surface area contributed by atoms with E-state index in [4.69, 9.17) is 5.11 Å². The molecule has 0 saturated carbocycles. The Labute approximate surface area is 148 Å². The van der Waals surface area contributed by atoms with Crippen molar-refractivity contribution in [2.75, 3.05) is 36.0 Å². The van der Waals surface area contributed by atoms with Gasteiger partial charge in [-0.2, -0.15) is 0 Å². The smallest absolute Gasteiger partial charge is 0.332 e. The van der Waals surface area contributed by atoms with Crippen LogP contribution in [0.3, 0.4) is 0 Å². The van der Waals surface area contributed by atoms with E-state index >= 15 is 0 Å². The lowest BCUT2D eigenvalue weighted by Gasteiger charge is -2.35. The lowest BCUT2D eigenvalue weighted by atomic mass is 10.2. The number of fused-ring (bicyclic) bond motifs is 1. The Bertz CT molecular complexity index is 711. The molecule has 9 heteroatoms. The summed E-state index contributed by atoms with van der Waals surface area (Å²) < 4.78 is 0. The Morgan fingerprint density at radius 3 is 2.52 bits per heavy atom. The normalized spacial score (nSPS) is 20.0. The number of rotatable bonds is 5. The Hall–Kier alpha value is -2.55. The number of para-hydroxylation sites is 1. The second-order valence-corrected chi connectivity index (χ2v) is 6.71. The summed E-state index contributed by atoms with van der Waals surface area (Å²) in [4.78, 5) is 52.1. The van der Waals surface area contributed by atoms with E-state index in [1.165, 1.54) is 9.80 Å². The largest absolute Gasteiger partial charge is 0.481 e. The van der Waals surface area contributed by atoms with Crippen LogP contribution in [0.5, 0.6) is 0 Å². The van der Waals surface area contributed by atoms with Gasteiger partial charge in [-0.25, -0.2) is 9.69 Å². The summed E-state index contributed by atoms with van der Waals surface area (Å²) in [6.45, 7) is 0.763. The first-order chi connectivity index (χ1) is 12.0. The molecule has 0 aliphatic carbocycles. The van der Waals surface area contributed by atoms with Gasteiger partial charge in [0, 0.05) is 13.1 Å². The quantitative estimate of drug-likeness (QED) is 0.765. The zero-order chi connectivity index (χ0) is 18.0. The minimum absolute atomic E-state index is 0.0452. The first-order valence-electron chi connectivity index (χ1n) is 7.76. The Balaban J connectivity index is 1.67. The Kier molecular flexibility index (Phi) is 4.93. The lowest BCUT2D eigenvalue weighted by molar-refractivity contribution is -0.134. The molecule has 0 unspecified atom stereocenters. The number of imide groups is 1. The molecule has 25 heavy (non-hydrogen) atoms. The molecule has 1 atom stereocenters. The number of anilines is 1. The fourth-order valence-corrected chi connectivity index (χ4v) is 3.59. The fourth-order valence-electron chi connectivity index (χ4n) is 2.95. The van der Waals surface area contributed by atoms with Crippen molar-refractivity contribution >= 4 is 41.3 Å². The van der Waals surface area contributed by atoms with Crippen molar-refractivity contribution in [1.82, 2.24) is 9.80 Å². The molecule has 0 aromatic heterocycles. The van der Waals surface area contributed by atoms with Crippen molar-refractivity contribution in [3.63, 3.8) is 0 Å². The Morgan fingerprint density at radius 1 is 1.12 bits per heavy atom. The molecule has 8 nitrogen and oxygen atoms in total. The van der Waals surface area contributed by atoms with Gasteiger partial charge in [0.1, 0.15) is 6.04 Å². The molecule has 0 bridgehead atoms. The molecule has 2 fully saturated rings. The van der Waals surface area contributed by atoms with Gasteiger partial charge in [-0.1, -0.05) is 18.2 Å². The van der Waals surface area contributed by atoms with E-state index in [1.54, 1.807) is 30.3 Å². The summed E-state index contributed by atoms with van der Waals surface area (Å²) in [7, 11) is 0. The molecule has 0 spiro atoms. The van der Waals surface area contributed by atoms with Crippen molar-refractivity contribution in [2.24, 2.45) is 0 Å². The summed E-state index contributed by atoms with van der Waals surface area (Å²) in [5.74, 6) is -1.63. The predicted octanol–water partition coefficient (Wildman–Crippen LogP) is 0.484. The molecule has 2 aliphatic rings. The van der Waals surface area contributed by atoms with Gasteiger partial charge in [-0.05, 0) is 12.1 Å². The number of hydrogen-bond donors (Lipinski definition) is 1. The number of urea groups is 1. The topological polar surface area (TPSA) is 98.2 Å². The number of aliphatic carboxylic acids is 1. The van der Waals surface area contributed by atoms with Crippen molar-refractivity contribution in [3.8, 4) is 0 Å². The molecule has 4 amide bonds. The standard InChI is InChI=1S/C16H17N3O5S/c20-13(9-25-10-14(21)22)17-6-7-18-12(8-17)15(23)19(16(18)24)11-4-2-1-3-5-11/h1-5,12H,6-10H2,(H,21,22)/t12-/m0/s1. The number of hydrogen-bond acceptors (Lipinski definition) is 5. The van der Waals surface area contributed by atoms with Crippen LogP contribution >= 0.6 is 11.8 Å². The van der Waals surface area contributed by atoms with Crippen LogP contribution in [0.2, 0.25) is 0 Å².